The van der Waals surface area contributed by atoms with E-state index in [1.165, 1.54) is 116 Å². The zero-order valence-electron chi connectivity index (χ0n) is 20.6. The highest BCUT2D eigenvalue weighted by Gasteiger charge is 2.17. The Hall–Kier alpha value is -0.530. The lowest BCUT2D eigenvalue weighted by Gasteiger charge is -2.18. The minimum atomic E-state index is 0.0389. The number of unbranched alkanes of at least 4 members (excludes halogenated alkanes) is 13. The van der Waals surface area contributed by atoms with Gasteiger partial charge in [-0.15, -0.1) is 0 Å². The minimum Gasteiger partial charge on any atom is -0.465 e. The van der Waals surface area contributed by atoms with Crippen molar-refractivity contribution in [3.63, 3.8) is 0 Å². The summed E-state index contributed by atoms with van der Waals surface area (Å²) in [7, 11) is 0. The van der Waals surface area contributed by atoms with Crippen LogP contribution in [0.1, 0.15) is 150 Å². The van der Waals surface area contributed by atoms with Crippen molar-refractivity contribution in [3.05, 3.63) is 0 Å². The summed E-state index contributed by atoms with van der Waals surface area (Å²) in [4.78, 5) is 12.4. The van der Waals surface area contributed by atoms with E-state index in [1.807, 2.05) is 0 Å². The fourth-order valence-electron chi connectivity index (χ4n) is 4.06. The predicted molar refractivity (Wildman–Crippen MR) is 128 cm³/mol. The van der Waals surface area contributed by atoms with Gasteiger partial charge in [-0.2, -0.15) is 0 Å². The largest absolute Gasteiger partial charge is 0.465 e. The van der Waals surface area contributed by atoms with Crippen LogP contribution in [0, 0.1) is 11.8 Å². The van der Waals surface area contributed by atoms with Crippen LogP contribution in [0.3, 0.4) is 0 Å². The summed E-state index contributed by atoms with van der Waals surface area (Å²) in [5.74, 6) is 0.674. The lowest BCUT2D eigenvalue weighted by molar-refractivity contribution is -0.149. The highest BCUT2D eigenvalue weighted by molar-refractivity contribution is 5.71. The van der Waals surface area contributed by atoms with E-state index in [4.69, 9.17) is 4.74 Å². The van der Waals surface area contributed by atoms with Gasteiger partial charge in [0.1, 0.15) is 0 Å². The smallest absolute Gasteiger partial charge is 0.308 e. The van der Waals surface area contributed by atoms with E-state index in [1.54, 1.807) is 0 Å². The van der Waals surface area contributed by atoms with Gasteiger partial charge in [0.05, 0.1) is 12.5 Å². The first-order valence-corrected chi connectivity index (χ1v) is 13.3. The van der Waals surface area contributed by atoms with Crippen molar-refractivity contribution in [2.24, 2.45) is 11.8 Å². The number of hydrogen-bond acceptors (Lipinski definition) is 2. The number of esters is 1. The minimum absolute atomic E-state index is 0.0389. The van der Waals surface area contributed by atoms with Crippen LogP contribution >= 0.6 is 0 Å². The van der Waals surface area contributed by atoms with Gasteiger partial charge in [0, 0.05) is 0 Å². The van der Waals surface area contributed by atoms with E-state index < -0.39 is 0 Å². The van der Waals surface area contributed by atoms with E-state index in [0.29, 0.717) is 12.5 Å². The fourth-order valence-corrected chi connectivity index (χ4v) is 4.06. The second-order valence-corrected chi connectivity index (χ2v) is 9.36. The lowest BCUT2D eigenvalue weighted by Crippen LogP contribution is -2.19. The Bertz CT molecular complexity index is 339. The fraction of sp³-hybridized carbons (Fsp3) is 0.963. The van der Waals surface area contributed by atoms with Gasteiger partial charge in [-0.25, -0.2) is 0 Å². The average Bonchev–Trinajstić information content (AvgIpc) is 2.73. The Labute approximate surface area is 184 Å². The van der Waals surface area contributed by atoms with Gasteiger partial charge in [-0.05, 0) is 25.2 Å². The Balaban J connectivity index is 3.83. The maximum Gasteiger partial charge on any atom is 0.308 e. The molecule has 0 saturated heterocycles. The van der Waals surface area contributed by atoms with Gasteiger partial charge in [0.25, 0.3) is 0 Å². The maximum absolute atomic E-state index is 12.4. The number of hydrogen-bond donors (Lipinski definition) is 0. The molecule has 0 saturated carbocycles. The SMILES string of the molecule is CCCCCCCCCCCC(C)C(=O)OCC(CCCC)CCCCCCC. The zero-order valence-corrected chi connectivity index (χ0v) is 20.6. The second-order valence-electron chi connectivity index (χ2n) is 9.36. The highest BCUT2D eigenvalue weighted by atomic mass is 16.5. The molecule has 0 aliphatic heterocycles. The van der Waals surface area contributed by atoms with Crippen molar-refractivity contribution in [3.8, 4) is 0 Å². The number of carbonyl (C=O) groups is 1. The molecule has 0 aromatic rings. The average molecular weight is 411 g/mol. The summed E-state index contributed by atoms with van der Waals surface area (Å²) < 4.78 is 5.74. The molecule has 0 amide bonds. The molecule has 0 rings (SSSR count). The van der Waals surface area contributed by atoms with Crippen LogP contribution in [-0.4, -0.2) is 12.6 Å². The quantitative estimate of drug-likeness (QED) is 0.131. The Morgan fingerprint density at radius 1 is 0.586 bits per heavy atom. The molecular weight excluding hydrogens is 356 g/mol. The molecule has 0 spiro atoms. The first kappa shape index (κ1) is 28.5. The molecule has 174 valence electrons. The Kier molecular flexibility index (Phi) is 21.8. The zero-order chi connectivity index (χ0) is 21.6. The summed E-state index contributed by atoms with van der Waals surface area (Å²) in [5.41, 5.74) is 0. The first-order valence-electron chi connectivity index (χ1n) is 13.3. The summed E-state index contributed by atoms with van der Waals surface area (Å²) >= 11 is 0. The third-order valence-corrected chi connectivity index (χ3v) is 6.29. The van der Waals surface area contributed by atoms with Crippen molar-refractivity contribution in [2.45, 2.75) is 150 Å². The van der Waals surface area contributed by atoms with Crippen molar-refractivity contribution >= 4 is 5.97 Å². The van der Waals surface area contributed by atoms with E-state index in [-0.39, 0.29) is 11.9 Å². The third-order valence-electron chi connectivity index (χ3n) is 6.29. The summed E-state index contributed by atoms with van der Waals surface area (Å²) in [6.45, 7) is 9.48. The molecule has 29 heavy (non-hydrogen) atoms. The van der Waals surface area contributed by atoms with Crippen LogP contribution in [0.25, 0.3) is 0 Å². The lowest BCUT2D eigenvalue weighted by atomic mass is 9.95. The van der Waals surface area contributed by atoms with Crippen LogP contribution in [0.5, 0.6) is 0 Å². The molecule has 0 bridgehead atoms. The van der Waals surface area contributed by atoms with Crippen LogP contribution in [0.15, 0.2) is 0 Å². The molecule has 0 aromatic heterocycles. The molecular formula is C27H54O2. The van der Waals surface area contributed by atoms with Crippen LogP contribution in [0.2, 0.25) is 0 Å². The summed E-state index contributed by atoms with van der Waals surface area (Å²) in [5, 5.41) is 0. The molecule has 2 unspecified atom stereocenters. The standard InChI is InChI=1S/C27H54O2/c1-5-8-11-13-14-15-16-18-19-21-25(4)27(28)29-24-26(22-10-7-3)23-20-17-12-9-6-2/h25-26H,5-24H2,1-4H3. The van der Waals surface area contributed by atoms with E-state index in [0.717, 1.165) is 6.42 Å². The van der Waals surface area contributed by atoms with Gasteiger partial charge in [-0.3, -0.25) is 4.79 Å². The van der Waals surface area contributed by atoms with Crippen LogP contribution in [-0.2, 0) is 9.53 Å². The molecule has 0 aliphatic carbocycles. The monoisotopic (exact) mass is 410 g/mol. The molecule has 0 fully saturated rings. The number of rotatable bonds is 22. The molecule has 0 N–H and O–H groups in total. The number of ether oxygens (including phenoxy) is 1. The van der Waals surface area contributed by atoms with Gasteiger partial charge >= 0.3 is 5.97 Å². The maximum atomic E-state index is 12.4. The molecule has 0 aromatic carbocycles. The molecule has 0 radical (unpaired) electrons. The summed E-state index contributed by atoms with van der Waals surface area (Å²) in [6.07, 6.45) is 24.6. The van der Waals surface area contributed by atoms with Crippen molar-refractivity contribution in [1.29, 1.82) is 0 Å². The molecule has 2 atom stereocenters. The van der Waals surface area contributed by atoms with Crippen molar-refractivity contribution < 1.29 is 9.53 Å². The van der Waals surface area contributed by atoms with Gasteiger partial charge < -0.3 is 4.74 Å². The van der Waals surface area contributed by atoms with Gasteiger partial charge in [0.15, 0.2) is 0 Å². The summed E-state index contributed by atoms with van der Waals surface area (Å²) in [6, 6.07) is 0. The van der Waals surface area contributed by atoms with Crippen molar-refractivity contribution in [2.75, 3.05) is 6.61 Å². The third kappa shape index (κ3) is 19.2. The number of carbonyl (C=O) groups excluding carboxylic acids is 1. The topological polar surface area (TPSA) is 26.3 Å². The Morgan fingerprint density at radius 3 is 1.52 bits per heavy atom. The van der Waals surface area contributed by atoms with E-state index in [2.05, 4.69) is 27.7 Å². The Morgan fingerprint density at radius 2 is 1.00 bits per heavy atom. The van der Waals surface area contributed by atoms with Crippen molar-refractivity contribution in [1.82, 2.24) is 0 Å². The van der Waals surface area contributed by atoms with Gasteiger partial charge in [-0.1, -0.05) is 130 Å². The normalized spacial score (nSPS) is 13.4. The first-order chi connectivity index (χ1) is 14.2. The highest BCUT2D eigenvalue weighted by Crippen LogP contribution is 2.20. The second kappa shape index (κ2) is 22.2. The predicted octanol–water partition coefficient (Wildman–Crippen LogP) is 9.25. The van der Waals surface area contributed by atoms with Crippen LogP contribution < -0.4 is 0 Å². The molecule has 2 heteroatoms. The van der Waals surface area contributed by atoms with E-state index in [9.17, 15) is 4.79 Å². The molecule has 0 aliphatic rings. The molecule has 2 nitrogen and oxygen atoms in total. The molecule has 0 heterocycles. The van der Waals surface area contributed by atoms with Gasteiger partial charge in [0.2, 0.25) is 0 Å². The van der Waals surface area contributed by atoms with Crippen LogP contribution in [0.4, 0.5) is 0 Å². The van der Waals surface area contributed by atoms with E-state index >= 15 is 0 Å².